The Morgan fingerprint density at radius 2 is 0.684 bits per heavy atom. The van der Waals surface area contributed by atoms with Crippen LogP contribution in [0.5, 0.6) is 0 Å². The minimum atomic E-state index is -0.789. The number of unbranched alkanes of at least 4 members (excludes halogenated alkanes) is 22. The average Bonchev–Trinajstić information content (AvgIpc) is 2.88. The van der Waals surface area contributed by atoms with Gasteiger partial charge in [0.05, 0.1) is 18.8 Å². The van der Waals surface area contributed by atoms with Gasteiger partial charge in [-0.2, -0.15) is 0 Å². The zero-order chi connectivity index (χ0) is 28.2. The molecule has 0 amide bonds. The Bertz CT molecular complexity index is 427. The fourth-order valence-electron chi connectivity index (χ4n) is 5.53. The summed E-state index contributed by atoms with van der Waals surface area (Å²) in [6, 6.07) is 0. The number of rotatable bonds is 31. The van der Waals surface area contributed by atoms with Crippen molar-refractivity contribution in [3.8, 4) is 0 Å². The van der Waals surface area contributed by atoms with Gasteiger partial charge in [-0.25, -0.2) is 0 Å². The Kier molecular flexibility index (Phi) is 27.0. The lowest BCUT2D eigenvalue weighted by Crippen LogP contribution is -2.43. The summed E-state index contributed by atoms with van der Waals surface area (Å²) in [4.78, 5) is 0. The first-order valence-electron chi connectivity index (χ1n) is 17.4. The quantitative estimate of drug-likeness (QED) is 0.0702. The first-order chi connectivity index (χ1) is 18.4. The Hall–Kier alpha value is -0.120. The van der Waals surface area contributed by atoms with Crippen LogP contribution in [0, 0.1) is 0 Å². The van der Waals surface area contributed by atoms with E-state index in [-0.39, 0.29) is 0 Å². The summed E-state index contributed by atoms with van der Waals surface area (Å²) in [7, 11) is 0. The SMILES string of the molecule is CCCCCCCCCCCCCCOC(CC)(CC(C)(C)O)OCCCCCCCCCCCCCC. The van der Waals surface area contributed by atoms with Gasteiger partial charge in [0, 0.05) is 6.42 Å². The molecule has 1 N–H and O–H groups in total. The van der Waals surface area contributed by atoms with Crippen LogP contribution in [0.15, 0.2) is 0 Å². The predicted molar refractivity (Wildman–Crippen MR) is 168 cm³/mol. The maximum absolute atomic E-state index is 10.5. The van der Waals surface area contributed by atoms with Crippen LogP contribution in [0.25, 0.3) is 0 Å². The first kappa shape index (κ1) is 37.9. The summed E-state index contributed by atoms with van der Waals surface area (Å²) in [5.41, 5.74) is -0.789. The molecule has 0 aromatic heterocycles. The highest BCUT2D eigenvalue weighted by molar-refractivity contribution is 4.79. The zero-order valence-corrected chi connectivity index (χ0v) is 27.1. The summed E-state index contributed by atoms with van der Waals surface area (Å²) < 4.78 is 12.7. The van der Waals surface area contributed by atoms with Gasteiger partial charge in [-0.1, -0.05) is 162 Å². The molecule has 0 saturated carbocycles. The van der Waals surface area contributed by atoms with E-state index in [9.17, 15) is 5.11 Å². The second kappa shape index (κ2) is 27.1. The van der Waals surface area contributed by atoms with Crippen molar-refractivity contribution in [1.29, 1.82) is 0 Å². The van der Waals surface area contributed by atoms with Crippen LogP contribution in [0.2, 0.25) is 0 Å². The zero-order valence-electron chi connectivity index (χ0n) is 27.1. The molecule has 3 heteroatoms. The highest BCUT2D eigenvalue weighted by Gasteiger charge is 2.36. The molecule has 3 nitrogen and oxygen atoms in total. The van der Waals surface area contributed by atoms with E-state index in [1.807, 2.05) is 13.8 Å². The van der Waals surface area contributed by atoms with Gasteiger partial charge in [-0.15, -0.1) is 0 Å². The largest absolute Gasteiger partial charge is 0.390 e. The third-order valence-electron chi connectivity index (χ3n) is 7.97. The van der Waals surface area contributed by atoms with E-state index in [1.165, 1.54) is 141 Å². The van der Waals surface area contributed by atoms with Crippen molar-refractivity contribution < 1.29 is 14.6 Å². The minimum Gasteiger partial charge on any atom is -0.390 e. The molecule has 0 fully saturated rings. The molecule has 0 radical (unpaired) electrons. The van der Waals surface area contributed by atoms with E-state index >= 15 is 0 Å². The third kappa shape index (κ3) is 26.1. The van der Waals surface area contributed by atoms with Crippen molar-refractivity contribution in [2.45, 2.75) is 213 Å². The smallest absolute Gasteiger partial charge is 0.170 e. The van der Waals surface area contributed by atoms with Gasteiger partial charge in [-0.05, 0) is 33.1 Å². The molecule has 0 saturated heterocycles. The van der Waals surface area contributed by atoms with Gasteiger partial charge in [0.2, 0.25) is 0 Å². The fraction of sp³-hybridized carbons (Fsp3) is 1.00. The average molecular weight is 541 g/mol. The van der Waals surface area contributed by atoms with Crippen molar-refractivity contribution in [3.05, 3.63) is 0 Å². The van der Waals surface area contributed by atoms with Gasteiger partial charge in [-0.3, -0.25) is 0 Å². The lowest BCUT2D eigenvalue weighted by molar-refractivity contribution is -0.260. The molecule has 0 aromatic rings. The maximum atomic E-state index is 10.5. The van der Waals surface area contributed by atoms with Crippen molar-refractivity contribution in [2.75, 3.05) is 13.2 Å². The van der Waals surface area contributed by atoms with Crippen molar-refractivity contribution in [1.82, 2.24) is 0 Å². The van der Waals surface area contributed by atoms with Crippen LogP contribution in [0.3, 0.4) is 0 Å². The van der Waals surface area contributed by atoms with Crippen LogP contribution in [0.4, 0.5) is 0 Å². The predicted octanol–water partition coefficient (Wildman–Crippen LogP) is 11.7. The number of hydrogen-bond donors (Lipinski definition) is 1. The summed E-state index contributed by atoms with van der Waals surface area (Å²) in [6.45, 7) is 11.9. The molecule has 0 unspecified atom stereocenters. The molecule has 0 heterocycles. The van der Waals surface area contributed by atoms with E-state index < -0.39 is 11.4 Å². The van der Waals surface area contributed by atoms with Crippen LogP contribution in [0.1, 0.15) is 202 Å². The Balaban J connectivity index is 3.94. The van der Waals surface area contributed by atoms with E-state index in [0.717, 1.165) is 32.5 Å². The molecular formula is C35H72O3. The molecule has 38 heavy (non-hydrogen) atoms. The molecule has 0 bridgehead atoms. The third-order valence-corrected chi connectivity index (χ3v) is 7.97. The van der Waals surface area contributed by atoms with Gasteiger partial charge in [0.25, 0.3) is 0 Å². The van der Waals surface area contributed by atoms with Gasteiger partial charge >= 0.3 is 0 Å². The number of ether oxygens (including phenoxy) is 2. The molecular weight excluding hydrogens is 468 g/mol. The molecule has 0 aliphatic carbocycles. The molecule has 0 aliphatic heterocycles. The Morgan fingerprint density at radius 3 is 0.921 bits per heavy atom. The molecule has 0 atom stereocenters. The first-order valence-corrected chi connectivity index (χ1v) is 17.4. The second-order valence-corrected chi connectivity index (χ2v) is 12.7. The Morgan fingerprint density at radius 1 is 0.421 bits per heavy atom. The number of hydrogen-bond acceptors (Lipinski definition) is 3. The standard InChI is InChI=1S/C35H72O3/c1-6-9-11-13-15-17-19-21-23-25-27-29-31-37-35(8-3,33-34(4,5)36)38-32-30-28-26-24-22-20-18-16-14-12-10-7-2/h36H,6-33H2,1-5H3. The Labute approximate surface area is 240 Å². The van der Waals surface area contributed by atoms with E-state index in [4.69, 9.17) is 9.47 Å². The molecule has 0 spiro atoms. The summed E-state index contributed by atoms with van der Waals surface area (Å²) in [6.07, 6.45) is 33.7. The van der Waals surface area contributed by atoms with Crippen molar-refractivity contribution >= 4 is 0 Å². The van der Waals surface area contributed by atoms with Crippen LogP contribution >= 0.6 is 0 Å². The lowest BCUT2D eigenvalue weighted by atomic mass is 9.96. The fourth-order valence-corrected chi connectivity index (χ4v) is 5.53. The van der Waals surface area contributed by atoms with E-state index in [2.05, 4.69) is 20.8 Å². The number of aliphatic hydroxyl groups is 1. The molecule has 0 aliphatic rings. The molecule has 0 aromatic carbocycles. The topological polar surface area (TPSA) is 38.7 Å². The molecule has 230 valence electrons. The second-order valence-electron chi connectivity index (χ2n) is 12.7. The van der Waals surface area contributed by atoms with Gasteiger partial charge in [0.15, 0.2) is 5.79 Å². The van der Waals surface area contributed by atoms with Crippen LogP contribution < -0.4 is 0 Å². The monoisotopic (exact) mass is 541 g/mol. The summed E-state index contributed by atoms with van der Waals surface area (Å²) in [5.74, 6) is -0.645. The lowest BCUT2D eigenvalue weighted by Gasteiger charge is -2.37. The maximum Gasteiger partial charge on any atom is 0.170 e. The van der Waals surface area contributed by atoms with Crippen LogP contribution in [-0.2, 0) is 9.47 Å². The summed E-state index contributed by atoms with van der Waals surface area (Å²) >= 11 is 0. The van der Waals surface area contributed by atoms with Crippen LogP contribution in [-0.4, -0.2) is 29.7 Å². The highest BCUT2D eigenvalue weighted by Crippen LogP contribution is 2.30. The van der Waals surface area contributed by atoms with Gasteiger partial charge < -0.3 is 14.6 Å². The van der Waals surface area contributed by atoms with Crippen molar-refractivity contribution in [3.63, 3.8) is 0 Å². The normalized spacial score (nSPS) is 12.5. The van der Waals surface area contributed by atoms with Crippen molar-refractivity contribution in [2.24, 2.45) is 0 Å². The molecule has 0 rings (SSSR count). The van der Waals surface area contributed by atoms with Gasteiger partial charge in [0.1, 0.15) is 0 Å². The highest BCUT2D eigenvalue weighted by atomic mass is 16.7. The summed E-state index contributed by atoms with van der Waals surface area (Å²) in [5, 5.41) is 10.5. The minimum absolute atomic E-state index is 0.535. The van der Waals surface area contributed by atoms with E-state index in [0.29, 0.717) is 6.42 Å². The van der Waals surface area contributed by atoms with E-state index in [1.54, 1.807) is 0 Å².